The number of carbonyl (C=O) groups excluding carboxylic acids is 1. The van der Waals surface area contributed by atoms with Gasteiger partial charge in [-0.2, -0.15) is 0 Å². The monoisotopic (exact) mass is 274 g/mol. The van der Waals surface area contributed by atoms with E-state index in [0.717, 1.165) is 22.2 Å². The summed E-state index contributed by atoms with van der Waals surface area (Å²) in [6, 6.07) is 17.7. The van der Waals surface area contributed by atoms with Crippen molar-refractivity contribution < 1.29 is 4.79 Å². The highest BCUT2D eigenvalue weighted by atomic mass is 16.1. The zero-order valence-electron chi connectivity index (χ0n) is 11.4. The quantitative estimate of drug-likeness (QED) is 0.726. The molecule has 1 aliphatic rings. The number of nitrogens with zero attached hydrogens (tertiary/aromatic N) is 1. The van der Waals surface area contributed by atoms with Crippen LogP contribution >= 0.6 is 0 Å². The Labute approximate surface area is 122 Å². The van der Waals surface area contributed by atoms with E-state index in [4.69, 9.17) is 0 Å². The van der Waals surface area contributed by atoms with Crippen LogP contribution < -0.4 is 5.32 Å². The zero-order chi connectivity index (χ0) is 14.2. The standard InChI is InChI=1S/C18H14N2O/c21-18(15-11-20-16-9-2-1-7-13(15)16)14-8-3-5-12-6-4-10-19-17(12)14/h1-10,15,20H,11H2. The van der Waals surface area contributed by atoms with E-state index in [-0.39, 0.29) is 11.7 Å². The first-order valence-electron chi connectivity index (χ1n) is 7.05. The van der Waals surface area contributed by atoms with Gasteiger partial charge in [0.15, 0.2) is 5.78 Å². The summed E-state index contributed by atoms with van der Waals surface area (Å²) in [5.74, 6) is 0.00514. The van der Waals surface area contributed by atoms with Crippen molar-refractivity contribution in [3.63, 3.8) is 0 Å². The van der Waals surface area contributed by atoms with Crippen LogP contribution in [-0.2, 0) is 0 Å². The second-order valence-corrected chi connectivity index (χ2v) is 5.27. The molecular formula is C18H14N2O. The van der Waals surface area contributed by atoms with E-state index in [1.54, 1.807) is 6.20 Å². The molecule has 3 heteroatoms. The van der Waals surface area contributed by atoms with Crippen molar-refractivity contribution in [2.75, 3.05) is 11.9 Å². The lowest BCUT2D eigenvalue weighted by atomic mass is 9.91. The number of para-hydroxylation sites is 2. The summed E-state index contributed by atoms with van der Waals surface area (Å²) in [4.78, 5) is 17.3. The van der Waals surface area contributed by atoms with E-state index in [1.165, 1.54) is 0 Å². The largest absolute Gasteiger partial charge is 0.384 e. The summed E-state index contributed by atoms with van der Waals surface area (Å²) < 4.78 is 0. The number of hydrogen-bond donors (Lipinski definition) is 1. The Balaban J connectivity index is 1.82. The highest BCUT2D eigenvalue weighted by molar-refractivity contribution is 6.10. The van der Waals surface area contributed by atoms with Gasteiger partial charge in [0, 0.05) is 29.4 Å². The number of pyridine rings is 1. The molecule has 1 unspecified atom stereocenters. The number of Topliss-reactive ketones (excluding diaryl/α,β-unsaturated/α-hetero) is 1. The Hall–Kier alpha value is -2.68. The molecule has 1 N–H and O–H groups in total. The molecule has 0 saturated carbocycles. The molecule has 0 radical (unpaired) electrons. The average Bonchev–Trinajstić information content (AvgIpc) is 2.98. The van der Waals surface area contributed by atoms with Crippen molar-refractivity contribution in [3.8, 4) is 0 Å². The van der Waals surface area contributed by atoms with Gasteiger partial charge in [-0.05, 0) is 23.8 Å². The van der Waals surface area contributed by atoms with E-state index < -0.39 is 0 Å². The summed E-state index contributed by atoms with van der Waals surface area (Å²) in [5, 5.41) is 4.31. The topological polar surface area (TPSA) is 42.0 Å². The number of benzene rings is 2. The first-order chi connectivity index (χ1) is 10.3. The molecule has 0 bridgehead atoms. The van der Waals surface area contributed by atoms with E-state index in [2.05, 4.69) is 10.3 Å². The van der Waals surface area contributed by atoms with Gasteiger partial charge in [0.2, 0.25) is 0 Å². The highest BCUT2D eigenvalue weighted by Gasteiger charge is 2.29. The van der Waals surface area contributed by atoms with Crippen molar-refractivity contribution in [3.05, 3.63) is 71.9 Å². The second kappa shape index (κ2) is 4.70. The Morgan fingerprint density at radius 1 is 1.05 bits per heavy atom. The van der Waals surface area contributed by atoms with Crippen LogP contribution in [0, 0.1) is 0 Å². The molecule has 0 fully saturated rings. The average molecular weight is 274 g/mol. The van der Waals surface area contributed by atoms with E-state index in [1.807, 2.05) is 54.6 Å². The smallest absolute Gasteiger partial charge is 0.174 e. The predicted molar refractivity (Wildman–Crippen MR) is 83.7 cm³/mol. The van der Waals surface area contributed by atoms with Gasteiger partial charge in [-0.15, -0.1) is 0 Å². The third-order valence-electron chi connectivity index (χ3n) is 4.05. The van der Waals surface area contributed by atoms with Gasteiger partial charge >= 0.3 is 0 Å². The number of anilines is 1. The predicted octanol–water partition coefficient (Wildman–Crippen LogP) is 3.63. The summed E-state index contributed by atoms with van der Waals surface area (Å²) in [6.07, 6.45) is 1.74. The van der Waals surface area contributed by atoms with Crippen molar-refractivity contribution in [1.82, 2.24) is 4.98 Å². The molecular weight excluding hydrogens is 260 g/mol. The molecule has 3 nitrogen and oxygen atoms in total. The number of fused-ring (bicyclic) bond motifs is 2. The fourth-order valence-electron chi connectivity index (χ4n) is 3.01. The maximum absolute atomic E-state index is 12.9. The van der Waals surface area contributed by atoms with Gasteiger partial charge in [-0.1, -0.05) is 36.4 Å². The molecule has 0 saturated heterocycles. The lowest BCUT2D eigenvalue weighted by molar-refractivity contribution is 0.0968. The number of nitrogens with one attached hydrogen (secondary N) is 1. The van der Waals surface area contributed by atoms with Crippen molar-refractivity contribution in [2.45, 2.75) is 5.92 Å². The van der Waals surface area contributed by atoms with Crippen LogP contribution in [0.4, 0.5) is 5.69 Å². The Bertz CT molecular complexity index is 836. The molecule has 3 aromatic rings. The Morgan fingerprint density at radius 3 is 2.86 bits per heavy atom. The minimum atomic E-state index is -0.131. The van der Waals surface area contributed by atoms with Gasteiger partial charge in [0.05, 0.1) is 11.4 Å². The minimum absolute atomic E-state index is 0.131. The van der Waals surface area contributed by atoms with Crippen LogP contribution in [0.3, 0.4) is 0 Å². The van der Waals surface area contributed by atoms with Crippen LogP contribution in [0.25, 0.3) is 10.9 Å². The fraction of sp³-hybridized carbons (Fsp3) is 0.111. The van der Waals surface area contributed by atoms with Crippen LogP contribution in [0.15, 0.2) is 60.8 Å². The second-order valence-electron chi connectivity index (χ2n) is 5.27. The number of hydrogen-bond acceptors (Lipinski definition) is 3. The molecule has 102 valence electrons. The molecule has 0 aliphatic carbocycles. The normalized spacial score (nSPS) is 16.5. The molecule has 2 heterocycles. The number of rotatable bonds is 2. The maximum Gasteiger partial charge on any atom is 0.174 e. The minimum Gasteiger partial charge on any atom is -0.384 e. The SMILES string of the molecule is O=C(c1cccc2cccnc12)C1CNc2ccccc21. The van der Waals surface area contributed by atoms with E-state index in [9.17, 15) is 4.79 Å². The third kappa shape index (κ3) is 1.89. The summed E-state index contributed by atoms with van der Waals surface area (Å²) in [6.45, 7) is 0.654. The van der Waals surface area contributed by atoms with Crippen LogP contribution in [-0.4, -0.2) is 17.3 Å². The summed E-state index contributed by atoms with van der Waals surface area (Å²) in [7, 11) is 0. The lowest BCUT2D eigenvalue weighted by Crippen LogP contribution is -2.15. The summed E-state index contributed by atoms with van der Waals surface area (Å²) >= 11 is 0. The molecule has 4 rings (SSSR count). The number of carbonyl (C=O) groups is 1. The fourth-order valence-corrected chi connectivity index (χ4v) is 3.01. The third-order valence-corrected chi connectivity index (χ3v) is 4.05. The van der Waals surface area contributed by atoms with Crippen molar-refractivity contribution in [1.29, 1.82) is 0 Å². The molecule has 1 atom stereocenters. The molecule has 21 heavy (non-hydrogen) atoms. The van der Waals surface area contributed by atoms with Crippen LogP contribution in [0.1, 0.15) is 21.8 Å². The van der Waals surface area contributed by atoms with Gasteiger partial charge in [-0.3, -0.25) is 9.78 Å². The highest BCUT2D eigenvalue weighted by Crippen LogP contribution is 2.34. The molecule has 1 aliphatic heterocycles. The van der Waals surface area contributed by atoms with Crippen LogP contribution in [0.2, 0.25) is 0 Å². The van der Waals surface area contributed by atoms with Gasteiger partial charge in [0.1, 0.15) is 0 Å². The number of ketones is 1. The zero-order valence-corrected chi connectivity index (χ0v) is 11.4. The first kappa shape index (κ1) is 12.1. The number of aromatic nitrogens is 1. The van der Waals surface area contributed by atoms with Gasteiger partial charge in [-0.25, -0.2) is 0 Å². The van der Waals surface area contributed by atoms with E-state index in [0.29, 0.717) is 12.1 Å². The van der Waals surface area contributed by atoms with Gasteiger partial charge < -0.3 is 5.32 Å². The van der Waals surface area contributed by atoms with Crippen LogP contribution in [0.5, 0.6) is 0 Å². The van der Waals surface area contributed by atoms with E-state index >= 15 is 0 Å². The van der Waals surface area contributed by atoms with Crippen molar-refractivity contribution in [2.24, 2.45) is 0 Å². The molecule has 2 aromatic carbocycles. The van der Waals surface area contributed by atoms with Gasteiger partial charge in [0.25, 0.3) is 0 Å². The molecule has 0 spiro atoms. The first-order valence-corrected chi connectivity index (χ1v) is 7.05. The Morgan fingerprint density at radius 2 is 1.90 bits per heavy atom. The maximum atomic E-state index is 12.9. The van der Waals surface area contributed by atoms with Crippen molar-refractivity contribution >= 4 is 22.4 Å². The lowest BCUT2D eigenvalue weighted by Gasteiger charge is -2.11. The Kier molecular flexibility index (Phi) is 2.71. The summed E-state index contributed by atoms with van der Waals surface area (Å²) in [5.41, 5.74) is 3.63. The molecule has 1 aromatic heterocycles. The molecule has 0 amide bonds.